The summed E-state index contributed by atoms with van der Waals surface area (Å²) in [5.41, 5.74) is 6.40. The molecule has 1 aliphatic heterocycles. The van der Waals surface area contributed by atoms with Crippen LogP contribution in [0, 0.1) is 25.7 Å². The maximum absolute atomic E-state index is 6.88. The number of fused-ring (bicyclic) bond motifs is 3. The number of benzene rings is 2. The zero-order valence-electron chi connectivity index (χ0n) is 17.4. The molecule has 0 radical (unpaired) electrons. The molecule has 0 aromatic heterocycles. The molecule has 1 nitrogen and oxygen atoms in total. The second-order valence-corrected chi connectivity index (χ2v) is 9.01. The number of hydrogen-bond donors (Lipinski definition) is 0. The van der Waals surface area contributed by atoms with Crippen molar-refractivity contribution < 1.29 is 4.74 Å². The molecule has 1 heteroatoms. The summed E-state index contributed by atoms with van der Waals surface area (Å²) in [6.45, 7) is 13.6. The average Bonchev–Trinajstić information content (AvgIpc) is 2.58. The fraction of sp³-hybridized carbons (Fsp3) is 0.520. The van der Waals surface area contributed by atoms with Crippen LogP contribution in [0.25, 0.3) is 11.1 Å². The fourth-order valence-corrected chi connectivity index (χ4v) is 4.01. The summed E-state index contributed by atoms with van der Waals surface area (Å²) in [6, 6.07) is 13.6. The molecule has 0 unspecified atom stereocenters. The molecule has 0 spiro atoms. The summed E-state index contributed by atoms with van der Waals surface area (Å²) in [4.78, 5) is 0. The molecule has 2 aromatic rings. The van der Waals surface area contributed by atoms with Crippen LogP contribution in [0.5, 0.6) is 5.75 Å². The van der Waals surface area contributed by atoms with E-state index in [9.17, 15) is 0 Å². The van der Waals surface area contributed by atoms with Crippen LogP contribution in [0.3, 0.4) is 0 Å². The summed E-state index contributed by atoms with van der Waals surface area (Å²) in [6.07, 6.45) is 4.54. The summed E-state index contributed by atoms with van der Waals surface area (Å²) in [7, 11) is 0. The van der Waals surface area contributed by atoms with Crippen molar-refractivity contribution in [3.63, 3.8) is 0 Å². The van der Waals surface area contributed by atoms with Gasteiger partial charge >= 0.3 is 0 Å². The zero-order chi connectivity index (χ0) is 18.9. The van der Waals surface area contributed by atoms with Gasteiger partial charge in [-0.1, -0.05) is 63.6 Å². The minimum atomic E-state index is -0.198. The Morgan fingerprint density at radius 3 is 1.88 bits per heavy atom. The lowest BCUT2D eigenvalue weighted by atomic mass is 9.76. The van der Waals surface area contributed by atoms with E-state index in [0.717, 1.165) is 18.6 Å². The summed E-state index contributed by atoms with van der Waals surface area (Å²) < 4.78 is 6.88. The van der Waals surface area contributed by atoms with Gasteiger partial charge in [-0.15, -0.1) is 0 Å². The Morgan fingerprint density at radius 2 is 1.31 bits per heavy atom. The van der Waals surface area contributed by atoms with E-state index in [1.165, 1.54) is 40.7 Å². The van der Waals surface area contributed by atoms with Crippen LogP contribution in [0.4, 0.5) is 0 Å². The summed E-state index contributed by atoms with van der Waals surface area (Å²) >= 11 is 0. The van der Waals surface area contributed by atoms with Crippen molar-refractivity contribution in [3.05, 3.63) is 53.1 Å². The number of rotatable bonds is 6. The molecule has 0 saturated carbocycles. The minimum Gasteiger partial charge on any atom is -0.482 e. The Morgan fingerprint density at radius 1 is 0.769 bits per heavy atom. The number of aryl methyl sites for hydroxylation is 2. The van der Waals surface area contributed by atoms with E-state index >= 15 is 0 Å². The Bertz CT molecular complexity index is 758. The highest BCUT2D eigenvalue weighted by Crippen LogP contribution is 2.50. The lowest BCUT2D eigenvalue weighted by Gasteiger charge is -2.42. The monoisotopic (exact) mass is 350 g/mol. The maximum Gasteiger partial charge on any atom is 0.135 e. The first-order valence-electron chi connectivity index (χ1n) is 10.2. The third kappa shape index (κ3) is 3.82. The molecule has 0 N–H and O–H groups in total. The van der Waals surface area contributed by atoms with E-state index < -0.39 is 0 Å². The molecule has 0 amide bonds. The van der Waals surface area contributed by atoms with Crippen LogP contribution in [0.1, 0.15) is 70.1 Å². The van der Waals surface area contributed by atoms with Gasteiger partial charge in [-0.3, -0.25) is 0 Å². The largest absolute Gasteiger partial charge is 0.482 e. The Kier molecular flexibility index (Phi) is 5.46. The van der Waals surface area contributed by atoms with Crippen LogP contribution in [0.2, 0.25) is 0 Å². The van der Waals surface area contributed by atoms with E-state index in [4.69, 9.17) is 4.74 Å². The van der Waals surface area contributed by atoms with Gasteiger partial charge in [0.15, 0.2) is 0 Å². The van der Waals surface area contributed by atoms with Crippen molar-refractivity contribution in [1.82, 2.24) is 0 Å². The highest BCUT2D eigenvalue weighted by molar-refractivity contribution is 5.77. The molecule has 0 bridgehead atoms. The van der Waals surface area contributed by atoms with Gasteiger partial charge in [0.2, 0.25) is 0 Å². The average molecular weight is 351 g/mol. The third-order valence-corrected chi connectivity index (χ3v) is 5.65. The Balaban J connectivity index is 2.14. The zero-order valence-corrected chi connectivity index (χ0v) is 17.4. The Hall–Kier alpha value is -1.76. The standard InChI is InChI=1S/C25H34O/c1-17(2)11-13-25(14-12-18(3)4)23-15-19(5)7-9-21(23)22-10-8-20(6)16-24(22)26-25/h7-10,15-18H,11-14H2,1-6H3. The second-order valence-electron chi connectivity index (χ2n) is 9.01. The molecular weight excluding hydrogens is 316 g/mol. The van der Waals surface area contributed by atoms with Gasteiger partial charge in [0.25, 0.3) is 0 Å². The number of hydrogen-bond acceptors (Lipinski definition) is 1. The normalized spacial score (nSPS) is 14.9. The molecule has 0 fully saturated rings. The predicted molar refractivity (Wildman–Crippen MR) is 112 cm³/mol. The van der Waals surface area contributed by atoms with Crippen LogP contribution >= 0.6 is 0 Å². The van der Waals surface area contributed by atoms with E-state index in [1.807, 2.05) is 0 Å². The van der Waals surface area contributed by atoms with E-state index in [2.05, 4.69) is 77.9 Å². The molecule has 0 saturated heterocycles. The van der Waals surface area contributed by atoms with E-state index in [-0.39, 0.29) is 5.60 Å². The van der Waals surface area contributed by atoms with Crippen LogP contribution < -0.4 is 4.74 Å². The van der Waals surface area contributed by atoms with Crippen molar-refractivity contribution in [2.45, 2.75) is 72.8 Å². The van der Waals surface area contributed by atoms with Crippen LogP contribution in [-0.4, -0.2) is 0 Å². The lowest BCUT2D eigenvalue weighted by Crippen LogP contribution is -2.37. The van der Waals surface area contributed by atoms with E-state index in [1.54, 1.807) is 0 Å². The van der Waals surface area contributed by atoms with Gasteiger partial charge in [0.05, 0.1) is 0 Å². The highest BCUT2D eigenvalue weighted by atomic mass is 16.5. The molecule has 1 aliphatic rings. The van der Waals surface area contributed by atoms with Crippen LogP contribution in [-0.2, 0) is 5.60 Å². The quantitative estimate of drug-likeness (QED) is 0.526. The minimum absolute atomic E-state index is 0.198. The van der Waals surface area contributed by atoms with Crippen molar-refractivity contribution in [1.29, 1.82) is 0 Å². The topological polar surface area (TPSA) is 9.23 Å². The lowest BCUT2D eigenvalue weighted by molar-refractivity contribution is 0.0332. The van der Waals surface area contributed by atoms with Crippen molar-refractivity contribution in [2.24, 2.45) is 11.8 Å². The molecule has 0 atom stereocenters. The first kappa shape index (κ1) is 19.0. The van der Waals surface area contributed by atoms with Crippen LogP contribution in [0.15, 0.2) is 36.4 Å². The molecule has 2 aromatic carbocycles. The summed E-state index contributed by atoms with van der Waals surface area (Å²) in [5, 5.41) is 0. The van der Waals surface area contributed by atoms with Crippen molar-refractivity contribution in [3.8, 4) is 16.9 Å². The molecule has 3 rings (SSSR count). The molecule has 1 heterocycles. The van der Waals surface area contributed by atoms with Gasteiger partial charge in [-0.25, -0.2) is 0 Å². The molecule has 26 heavy (non-hydrogen) atoms. The van der Waals surface area contributed by atoms with Gasteiger partial charge in [-0.2, -0.15) is 0 Å². The van der Waals surface area contributed by atoms with Gasteiger partial charge in [0.1, 0.15) is 11.4 Å². The van der Waals surface area contributed by atoms with E-state index in [0.29, 0.717) is 11.8 Å². The van der Waals surface area contributed by atoms with Crippen molar-refractivity contribution >= 4 is 0 Å². The smallest absolute Gasteiger partial charge is 0.135 e. The maximum atomic E-state index is 6.88. The Labute approximate surface area is 159 Å². The molecular formula is C25H34O. The predicted octanol–water partition coefficient (Wildman–Crippen LogP) is 7.43. The van der Waals surface area contributed by atoms with Gasteiger partial charge in [-0.05, 0) is 68.6 Å². The summed E-state index contributed by atoms with van der Waals surface area (Å²) in [5.74, 6) is 2.43. The van der Waals surface area contributed by atoms with Gasteiger partial charge in [0, 0.05) is 11.1 Å². The first-order chi connectivity index (χ1) is 12.3. The third-order valence-electron chi connectivity index (χ3n) is 5.65. The molecule has 0 aliphatic carbocycles. The fourth-order valence-electron chi connectivity index (χ4n) is 4.01. The highest BCUT2D eigenvalue weighted by Gasteiger charge is 2.40. The number of ether oxygens (including phenoxy) is 1. The second kappa shape index (κ2) is 7.47. The molecule has 140 valence electrons. The van der Waals surface area contributed by atoms with Gasteiger partial charge < -0.3 is 4.74 Å². The SMILES string of the molecule is Cc1ccc2c(c1)OC(CCC(C)C)(CCC(C)C)c1cc(C)ccc1-2. The van der Waals surface area contributed by atoms with Crippen molar-refractivity contribution in [2.75, 3.05) is 0 Å². The first-order valence-corrected chi connectivity index (χ1v) is 10.2.